The average molecular weight is 443 g/mol. The summed E-state index contributed by atoms with van der Waals surface area (Å²) in [6.45, 7) is 5.75. The Morgan fingerprint density at radius 3 is 2.31 bits per heavy atom. The van der Waals surface area contributed by atoms with Gasteiger partial charge in [-0.1, -0.05) is 62.9 Å². The van der Waals surface area contributed by atoms with Crippen LogP contribution in [-0.2, 0) is 27.4 Å². The van der Waals surface area contributed by atoms with Gasteiger partial charge in [-0.05, 0) is 31.0 Å². The number of unbranched alkanes of at least 4 members (excludes halogenated alkanes) is 4. The summed E-state index contributed by atoms with van der Waals surface area (Å²) >= 11 is 0. The van der Waals surface area contributed by atoms with Crippen molar-refractivity contribution in [1.82, 2.24) is 9.80 Å². The highest BCUT2D eigenvalue weighted by atomic mass is 16.5. The highest BCUT2D eigenvalue weighted by molar-refractivity contribution is 5.84. The van der Waals surface area contributed by atoms with Gasteiger partial charge >= 0.3 is 0 Å². The fourth-order valence-electron chi connectivity index (χ4n) is 3.59. The minimum atomic E-state index is -0.0988. The maximum atomic E-state index is 13.3. The SMILES string of the molecule is CCCCCCCC(=O)N(CCOC)CC(=O)N(Cc1ccccc1)Cc1ccc(C)o1. The van der Waals surface area contributed by atoms with Crippen molar-refractivity contribution in [2.45, 2.75) is 65.5 Å². The molecule has 2 amide bonds. The molecule has 0 saturated carbocycles. The van der Waals surface area contributed by atoms with Crippen LogP contribution in [0.3, 0.4) is 0 Å². The Kier molecular flexibility index (Phi) is 11.6. The quantitative estimate of drug-likeness (QED) is 0.366. The Balaban J connectivity index is 2.05. The van der Waals surface area contributed by atoms with Crippen LogP contribution in [0, 0.1) is 6.92 Å². The fourth-order valence-corrected chi connectivity index (χ4v) is 3.59. The molecule has 0 fully saturated rings. The third-order valence-electron chi connectivity index (χ3n) is 5.45. The standard InChI is InChI=1S/C26H38N2O4/c1-4-5-6-7-11-14-25(29)27(17-18-31-3)21-26(30)28(19-23-12-9-8-10-13-23)20-24-16-15-22(2)32-24/h8-10,12-13,15-16H,4-7,11,14,17-21H2,1-3H3. The average Bonchev–Trinajstić information content (AvgIpc) is 3.21. The Morgan fingerprint density at radius 2 is 1.66 bits per heavy atom. The lowest BCUT2D eigenvalue weighted by molar-refractivity contribution is -0.142. The molecule has 0 aliphatic carbocycles. The molecule has 1 aromatic heterocycles. The maximum absolute atomic E-state index is 13.3. The zero-order valence-electron chi connectivity index (χ0n) is 19.8. The number of hydrogen-bond acceptors (Lipinski definition) is 4. The molecule has 2 aromatic rings. The third kappa shape index (κ3) is 9.27. The van der Waals surface area contributed by atoms with E-state index in [1.54, 1.807) is 16.9 Å². The summed E-state index contributed by atoms with van der Waals surface area (Å²) in [7, 11) is 1.61. The van der Waals surface area contributed by atoms with Crippen molar-refractivity contribution in [2.24, 2.45) is 0 Å². The molecule has 0 saturated heterocycles. The number of rotatable bonds is 15. The van der Waals surface area contributed by atoms with Crippen LogP contribution in [-0.4, -0.2) is 48.4 Å². The molecule has 176 valence electrons. The largest absolute Gasteiger partial charge is 0.464 e. The molecule has 0 aliphatic rings. The van der Waals surface area contributed by atoms with E-state index in [0.717, 1.165) is 36.3 Å². The van der Waals surface area contributed by atoms with E-state index in [4.69, 9.17) is 9.15 Å². The summed E-state index contributed by atoms with van der Waals surface area (Å²) in [6, 6.07) is 13.7. The molecule has 0 radical (unpaired) electrons. The highest BCUT2D eigenvalue weighted by Crippen LogP contribution is 2.14. The van der Waals surface area contributed by atoms with Crippen LogP contribution in [0.2, 0.25) is 0 Å². The summed E-state index contributed by atoms with van der Waals surface area (Å²) in [6.07, 6.45) is 5.89. The lowest BCUT2D eigenvalue weighted by Gasteiger charge is -2.27. The molecule has 6 heteroatoms. The van der Waals surface area contributed by atoms with Gasteiger partial charge in [0.25, 0.3) is 0 Å². The second kappa shape index (κ2) is 14.5. The van der Waals surface area contributed by atoms with E-state index in [1.165, 1.54) is 12.8 Å². The summed E-state index contributed by atoms with van der Waals surface area (Å²) in [4.78, 5) is 29.5. The smallest absolute Gasteiger partial charge is 0.242 e. The van der Waals surface area contributed by atoms with Crippen molar-refractivity contribution in [3.8, 4) is 0 Å². The molecule has 0 atom stereocenters. The molecule has 32 heavy (non-hydrogen) atoms. The van der Waals surface area contributed by atoms with E-state index in [2.05, 4.69) is 6.92 Å². The number of aryl methyl sites for hydroxylation is 1. The number of ether oxygens (including phenoxy) is 1. The molecule has 6 nitrogen and oxygen atoms in total. The number of nitrogens with zero attached hydrogens (tertiary/aromatic N) is 2. The Bertz CT molecular complexity index is 803. The lowest BCUT2D eigenvalue weighted by Crippen LogP contribution is -2.43. The number of amides is 2. The molecule has 0 unspecified atom stereocenters. The molecule has 1 heterocycles. The van der Waals surface area contributed by atoms with Crippen molar-refractivity contribution in [3.05, 3.63) is 59.5 Å². The van der Waals surface area contributed by atoms with Gasteiger partial charge in [-0.3, -0.25) is 9.59 Å². The molecule has 0 bridgehead atoms. The number of hydrogen-bond donors (Lipinski definition) is 0. The van der Waals surface area contributed by atoms with Crippen molar-refractivity contribution >= 4 is 11.8 Å². The van der Waals surface area contributed by atoms with Crippen LogP contribution in [0.1, 0.15) is 62.5 Å². The highest BCUT2D eigenvalue weighted by Gasteiger charge is 2.22. The fraction of sp³-hybridized carbons (Fsp3) is 0.538. The van der Waals surface area contributed by atoms with Crippen LogP contribution in [0.25, 0.3) is 0 Å². The molecule has 2 rings (SSSR count). The number of benzene rings is 1. The third-order valence-corrected chi connectivity index (χ3v) is 5.45. The van der Waals surface area contributed by atoms with Crippen LogP contribution >= 0.6 is 0 Å². The minimum absolute atomic E-state index is 0.0143. The van der Waals surface area contributed by atoms with E-state index in [9.17, 15) is 9.59 Å². The minimum Gasteiger partial charge on any atom is -0.464 e. The van der Waals surface area contributed by atoms with Crippen molar-refractivity contribution in [3.63, 3.8) is 0 Å². The Morgan fingerprint density at radius 1 is 0.906 bits per heavy atom. The second-order valence-corrected chi connectivity index (χ2v) is 8.22. The topological polar surface area (TPSA) is 63.0 Å². The predicted molar refractivity (Wildman–Crippen MR) is 126 cm³/mol. The number of carbonyl (C=O) groups is 2. The Labute approximate surface area is 192 Å². The zero-order chi connectivity index (χ0) is 23.2. The summed E-state index contributed by atoms with van der Waals surface area (Å²) < 4.78 is 10.9. The van der Waals surface area contributed by atoms with Crippen LogP contribution < -0.4 is 0 Å². The molecule has 0 aliphatic heterocycles. The van der Waals surface area contributed by atoms with Gasteiger partial charge in [0, 0.05) is 26.6 Å². The summed E-state index contributed by atoms with van der Waals surface area (Å²) in [5.41, 5.74) is 1.04. The van der Waals surface area contributed by atoms with Gasteiger partial charge in [-0.15, -0.1) is 0 Å². The molecule has 1 aromatic carbocycles. The monoisotopic (exact) mass is 442 g/mol. The first-order valence-electron chi connectivity index (χ1n) is 11.7. The van der Waals surface area contributed by atoms with Gasteiger partial charge in [-0.25, -0.2) is 0 Å². The van der Waals surface area contributed by atoms with E-state index in [0.29, 0.717) is 32.7 Å². The zero-order valence-corrected chi connectivity index (χ0v) is 19.8. The molecular weight excluding hydrogens is 404 g/mol. The van der Waals surface area contributed by atoms with Crippen LogP contribution in [0.15, 0.2) is 46.9 Å². The van der Waals surface area contributed by atoms with Gasteiger partial charge in [0.05, 0.1) is 19.7 Å². The number of carbonyl (C=O) groups excluding carboxylic acids is 2. The number of methoxy groups -OCH3 is 1. The Hall–Kier alpha value is -2.60. The first kappa shape index (κ1) is 25.7. The predicted octanol–water partition coefficient (Wildman–Crippen LogP) is 4.95. The first-order chi connectivity index (χ1) is 15.5. The summed E-state index contributed by atoms with van der Waals surface area (Å²) in [5, 5.41) is 0. The lowest BCUT2D eigenvalue weighted by atomic mass is 10.1. The van der Waals surface area contributed by atoms with Crippen LogP contribution in [0.5, 0.6) is 0 Å². The van der Waals surface area contributed by atoms with E-state index < -0.39 is 0 Å². The normalized spacial score (nSPS) is 10.8. The van der Waals surface area contributed by atoms with Gasteiger partial charge in [0.15, 0.2) is 0 Å². The molecule has 0 N–H and O–H groups in total. The first-order valence-corrected chi connectivity index (χ1v) is 11.7. The number of furan rings is 1. The van der Waals surface area contributed by atoms with Crippen molar-refractivity contribution in [1.29, 1.82) is 0 Å². The van der Waals surface area contributed by atoms with Crippen LogP contribution in [0.4, 0.5) is 0 Å². The van der Waals surface area contributed by atoms with E-state index >= 15 is 0 Å². The van der Waals surface area contributed by atoms with Gasteiger partial charge < -0.3 is 19.0 Å². The van der Waals surface area contributed by atoms with Gasteiger partial charge in [0.1, 0.15) is 11.5 Å². The van der Waals surface area contributed by atoms with E-state index in [-0.39, 0.29) is 18.4 Å². The van der Waals surface area contributed by atoms with Crippen molar-refractivity contribution < 1.29 is 18.7 Å². The molecule has 0 spiro atoms. The molecular formula is C26H38N2O4. The maximum Gasteiger partial charge on any atom is 0.242 e. The van der Waals surface area contributed by atoms with Gasteiger partial charge in [-0.2, -0.15) is 0 Å². The van der Waals surface area contributed by atoms with E-state index in [1.807, 2.05) is 49.4 Å². The van der Waals surface area contributed by atoms with Gasteiger partial charge in [0.2, 0.25) is 11.8 Å². The second-order valence-electron chi connectivity index (χ2n) is 8.22. The summed E-state index contributed by atoms with van der Waals surface area (Å²) in [5.74, 6) is 1.46. The van der Waals surface area contributed by atoms with Crippen molar-refractivity contribution in [2.75, 3.05) is 26.8 Å².